The maximum absolute atomic E-state index is 14.3. The third kappa shape index (κ3) is 5.86. The molecule has 0 saturated heterocycles. The van der Waals surface area contributed by atoms with Crippen LogP contribution in [0.5, 0.6) is 0 Å². The highest BCUT2D eigenvalue weighted by atomic mass is 19.4. The second kappa shape index (κ2) is 11.8. The number of rotatable bonds is 6. The highest BCUT2D eigenvalue weighted by Gasteiger charge is 2.36. The third-order valence-electron chi connectivity index (χ3n) is 6.70. The van der Waals surface area contributed by atoms with Crippen molar-refractivity contribution in [1.29, 1.82) is 5.26 Å². The Kier molecular flexibility index (Phi) is 8.30. The van der Waals surface area contributed by atoms with Crippen molar-refractivity contribution in [2.75, 3.05) is 36.3 Å². The van der Waals surface area contributed by atoms with Gasteiger partial charge in [0, 0.05) is 32.3 Å². The number of carboxylic acids is 1. The molecule has 15 heteroatoms. The molecule has 1 heterocycles. The van der Waals surface area contributed by atoms with Crippen LogP contribution >= 0.6 is 0 Å². The minimum atomic E-state index is -4.89. The van der Waals surface area contributed by atoms with E-state index in [4.69, 9.17) is 14.5 Å². The Morgan fingerprint density at radius 1 is 1.02 bits per heavy atom. The molecule has 226 valence electrons. The summed E-state index contributed by atoms with van der Waals surface area (Å²) in [7, 11) is 3.63. The first-order valence-electron chi connectivity index (χ1n) is 12.5. The van der Waals surface area contributed by atoms with Gasteiger partial charge < -0.3 is 24.6 Å². The Bertz CT molecular complexity index is 1880. The van der Waals surface area contributed by atoms with Crippen LogP contribution in [0.2, 0.25) is 0 Å². The predicted molar refractivity (Wildman–Crippen MR) is 150 cm³/mol. The number of fused-ring (bicyclic) bond motifs is 1. The summed E-state index contributed by atoms with van der Waals surface area (Å²) in [5.41, 5.74) is -2.80. The minimum absolute atomic E-state index is 0.0241. The van der Waals surface area contributed by atoms with E-state index in [0.717, 1.165) is 41.2 Å². The van der Waals surface area contributed by atoms with Crippen LogP contribution < -0.4 is 15.1 Å². The van der Waals surface area contributed by atoms with E-state index < -0.39 is 35.6 Å². The molecule has 12 nitrogen and oxygen atoms in total. The zero-order valence-electron chi connectivity index (χ0n) is 23.4. The van der Waals surface area contributed by atoms with Gasteiger partial charge in [0.25, 0.3) is 5.91 Å². The van der Waals surface area contributed by atoms with Crippen molar-refractivity contribution in [3.63, 3.8) is 0 Å². The highest BCUT2D eigenvalue weighted by Crippen LogP contribution is 2.44. The van der Waals surface area contributed by atoms with Crippen molar-refractivity contribution in [3.05, 3.63) is 70.9 Å². The fourth-order valence-corrected chi connectivity index (χ4v) is 4.34. The molecule has 2 N–H and O–H groups in total. The summed E-state index contributed by atoms with van der Waals surface area (Å²) in [6.45, 7) is 1.19. The summed E-state index contributed by atoms with van der Waals surface area (Å²) >= 11 is 0. The molecule has 0 saturated carbocycles. The number of hydrogen-bond donors (Lipinski definition) is 2. The van der Waals surface area contributed by atoms with Crippen molar-refractivity contribution in [1.82, 2.24) is 5.16 Å². The Morgan fingerprint density at radius 2 is 1.73 bits per heavy atom. The Hall–Kier alpha value is -5.91. The standard InChI is InChI=1S/C29H22F3N5O7/c1-14(38)36(2)16-6-7-17(21(10-16)29(30,31)32)18-12-24-20(11-23(18)37(3)28(42)43-4)25(35-44-24)26(39)34-22-8-5-15(13-33)9-19(22)27(40)41/h5-12H,1-4H3,(H,34,39)(H,40,41). The van der Waals surface area contributed by atoms with Gasteiger partial charge in [0.15, 0.2) is 11.3 Å². The number of nitrogens with zero attached hydrogens (tertiary/aromatic N) is 4. The van der Waals surface area contributed by atoms with Gasteiger partial charge in [-0.3, -0.25) is 14.5 Å². The van der Waals surface area contributed by atoms with Gasteiger partial charge in [0.1, 0.15) is 0 Å². The lowest BCUT2D eigenvalue weighted by Gasteiger charge is -2.23. The molecule has 4 rings (SSSR count). The van der Waals surface area contributed by atoms with Crippen molar-refractivity contribution < 1.29 is 46.7 Å². The first-order valence-corrected chi connectivity index (χ1v) is 12.5. The monoisotopic (exact) mass is 609 g/mol. The molecule has 1 aromatic heterocycles. The number of nitrogens with one attached hydrogen (secondary N) is 1. The zero-order valence-corrected chi connectivity index (χ0v) is 23.4. The summed E-state index contributed by atoms with van der Waals surface area (Å²) in [4.78, 5) is 51.2. The topological polar surface area (TPSA) is 166 Å². The molecule has 0 aliphatic rings. The number of nitriles is 1. The number of carbonyl (C=O) groups is 4. The van der Waals surface area contributed by atoms with Crippen LogP contribution in [0, 0.1) is 11.3 Å². The first kappa shape index (κ1) is 31.0. The molecular weight excluding hydrogens is 587 g/mol. The van der Waals surface area contributed by atoms with Crippen LogP contribution in [0.1, 0.15) is 38.9 Å². The van der Waals surface area contributed by atoms with Gasteiger partial charge in [-0.25, -0.2) is 9.59 Å². The first-order chi connectivity index (χ1) is 20.7. The number of amides is 3. The number of benzene rings is 3. The van der Waals surface area contributed by atoms with Gasteiger partial charge in [-0.05, 0) is 48.0 Å². The van der Waals surface area contributed by atoms with Gasteiger partial charge in [-0.1, -0.05) is 11.2 Å². The molecule has 0 unspecified atom stereocenters. The lowest BCUT2D eigenvalue weighted by Crippen LogP contribution is -2.26. The number of carbonyl (C=O) groups excluding carboxylic acids is 3. The summed E-state index contributed by atoms with van der Waals surface area (Å²) in [6, 6.07) is 11.0. The van der Waals surface area contributed by atoms with E-state index in [1.54, 1.807) is 6.07 Å². The number of alkyl halides is 3. The molecule has 3 amide bonds. The maximum atomic E-state index is 14.3. The molecule has 0 bridgehead atoms. The normalized spacial score (nSPS) is 11.0. The number of aromatic nitrogens is 1. The fourth-order valence-electron chi connectivity index (χ4n) is 4.34. The Balaban J connectivity index is 1.91. The van der Waals surface area contributed by atoms with Crippen molar-refractivity contribution in [2.45, 2.75) is 13.1 Å². The second-order valence-electron chi connectivity index (χ2n) is 9.36. The fraction of sp³-hybridized carbons (Fsp3) is 0.172. The van der Waals surface area contributed by atoms with Crippen LogP contribution in [0.3, 0.4) is 0 Å². The Morgan fingerprint density at radius 3 is 2.32 bits per heavy atom. The van der Waals surface area contributed by atoms with Crippen LogP contribution in [-0.2, 0) is 15.7 Å². The molecule has 4 aromatic rings. The number of ether oxygens (including phenoxy) is 1. The number of anilines is 3. The SMILES string of the molecule is COC(=O)N(C)c1cc2c(C(=O)Nc3ccc(C#N)cc3C(=O)O)noc2cc1-c1ccc(N(C)C(C)=O)cc1C(F)(F)F. The third-order valence-corrected chi connectivity index (χ3v) is 6.70. The van der Waals surface area contributed by atoms with Crippen molar-refractivity contribution >= 4 is 51.9 Å². The van der Waals surface area contributed by atoms with Crippen molar-refractivity contribution in [3.8, 4) is 17.2 Å². The number of carboxylic acid groups (broad SMARTS) is 1. The summed E-state index contributed by atoms with van der Waals surface area (Å²) < 4.78 is 53.1. The van der Waals surface area contributed by atoms with E-state index >= 15 is 0 Å². The largest absolute Gasteiger partial charge is 0.478 e. The molecule has 0 aliphatic carbocycles. The predicted octanol–water partition coefficient (Wildman–Crippen LogP) is 5.52. The molecule has 0 atom stereocenters. The molecule has 0 fully saturated rings. The maximum Gasteiger partial charge on any atom is 0.417 e. The number of aromatic carboxylic acids is 1. The van der Waals surface area contributed by atoms with E-state index in [0.29, 0.717) is 0 Å². The molecule has 0 spiro atoms. The summed E-state index contributed by atoms with van der Waals surface area (Å²) in [5.74, 6) is -2.86. The molecular formula is C29H22F3N5O7. The second-order valence-corrected chi connectivity index (χ2v) is 9.36. The van der Waals surface area contributed by atoms with Gasteiger partial charge in [-0.2, -0.15) is 18.4 Å². The van der Waals surface area contributed by atoms with E-state index in [-0.39, 0.29) is 56.0 Å². The van der Waals surface area contributed by atoms with E-state index in [9.17, 15) is 37.5 Å². The van der Waals surface area contributed by atoms with Gasteiger partial charge >= 0.3 is 18.2 Å². The quantitative estimate of drug-likeness (QED) is 0.286. The lowest BCUT2D eigenvalue weighted by atomic mass is 9.95. The molecule has 0 radical (unpaired) electrons. The molecule has 3 aromatic carbocycles. The number of methoxy groups -OCH3 is 1. The number of hydrogen-bond acceptors (Lipinski definition) is 8. The van der Waals surface area contributed by atoms with Crippen LogP contribution in [0.4, 0.5) is 35.0 Å². The molecule has 44 heavy (non-hydrogen) atoms. The number of halogens is 3. The lowest BCUT2D eigenvalue weighted by molar-refractivity contribution is -0.137. The Labute approximate surface area is 246 Å². The van der Waals surface area contributed by atoms with Crippen LogP contribution in [0.15, 0.2) is 53.1 Å². The van der Waals surface area contributed by atoms with Gasteiger partial charge in [0.05, 0.1) is 46.6 Å². The van der Waals surface area contributed by atoms with Crippen LogP contribution in [-0.4, -0.2) is 55.3 Å². The van der Waals surface area contributed by atoms with E-state index in [1.807, 2.05) is 0 Å². The average molecular weight is 610 g/mol. The van der Waals surface area contributed by atoms with Crippen molar-refractivity contribution in [2.24, 2.45) is 0 Å². The van der Waals surface area contributed by atoms with E-state index in [2.05, 4.69) is 10.5 Å². The highest BCUT2D eigenvalue weighted by molar-refractivity contribution is 6.14. The van der Waals surface area contributed by atoms with Gasteiger partial charge in [-0.15, -0.1) is 0 Å². The van der Waals surface area contributed by atoms with Crippen LogP contribution in [0.25, 0.3) is 22.1 Å². The minimum Gasteiger partial charge on any atom is -0.478 e. The molecule has 0 aliphatic heterocycles. The smallest absolute Gasteiger partial charge is 0.417 e. The summed E-state index contributed by atoms with van der Waals surface area (Å²) in [5, 5.41) is 24.7. The average Bonchev–Trinajstić information content (AvgIpc) is 3.41. The summed E-state index contributed by atoms with van der Waals surface area (Å²) in [6.07, 6.45) is -5.84. The van der Waals surface area contributed by atoms with Gasteiger partial charge in [0.2, 0.25) is 5.91 Å². The zero-order chi connectivity index (χ0) is 32.5. The van der Waals surface area contributed by atoms with E-state index in [1.165, 1.54) is 45.3 Å².